The molecule has 1 atom stereocenters. The number of fused-ring (bicyclic) bond motifs is 1. The Balaban J connectivity index is 1.20. The molecule has 0 aromatic heterocycles. The molecule has 0 radical (unpaired) electrons. The maximum absolute atomic E-state index is 12.9. The third-order valence-corrected chi connectivity index (χ3v) is 6.61. The molecule has 2 aromatic rings. The molecule has 2 aromatic carbocycles. The van der Waals surface area contributed by atoms with Crippen LogP contribution in [0.15, 0.2) is 48.5 Å². The summed E-state index contributed by atoms with van der Waals surface area (Å²) in [6, 6.07) is 15.6. The fourth-order valence-electron chi connectivity index (χ4n) is 4.73. The van der Waals surface area contributed by atoms with Crippen molar-refractivity contribution in [3.8, 4) is 5.75 Å². The maximum atomic E-state index is 12.9. The fourth-order valence-corrected chi connectivity index (χ4v) is 4.73. The van der Waals surface area contributed by atoms with Gasteiger partial charge in [0.2, 0.25) is 11.8 Å². The number of amides is 2. The molecule has 7 heteroatoms. The molecular formula is C26H34N4O3. The van der Waals surface area contributed by atoms with E-state index in [1.807, 2.05) is 43.3 Å². The van der Waals surface area contributed by atoms with E-state index in [0.29, 0.717) is 19.4 Å². The van der Waals surface area contributed by atoms with Crippen molar-refractivity contribution in [3.63, 3.8) is 0 Å². The van der Waals surface area contributed by atoms with Crippen LogP contribution in [0.5, 0.6) is 5.75 Å². The zero-order valence-electron chi connectivity index (χ0n) is 19.6. The van der Waals surface area contributed by atoms with E-state index in [1.54, 1.807) is 12.0 Å². The number of rotatable bonds is 8. The first-order valence-corrected chi connectivity index (χ1v) is 11.9. The van der Waals surface area contributed by atoms with E-state index < -0.39 is 6.04 Å². The lowest BCUT2D eigenvalue weighted by molar-refractivity contribution is -0.126. The third kappa shape index (κ3) is 5.30. The number of benzene rings is 2. The van der Waals surface area contributed by atoms with Gasteiger partial charge in [-0.3, -0.25) is 19.4 Å². The Hall–Kier alpha value is -3.06. The number of carbonyl (C=O) groups is 2. The van der Waals surface area contributed by atoms with Crippen LogP contribution in [0.2, 0.25) is 0 Å². The van der Waals surface area contributed by atoms with Crippen LogP contribution in [-0.4, -0.2) is 69.1 Å². The van der Waals surface area contributed by atoms with E-state index in [0.717, 1.165) is 56.1 Å². The summed E-state index contributed by atoms with van der Waals surface area (Å²) in [4.78, 5) is 32.0. The number of hydrogen-bond donors (Lipinski definition) is 1. The van der Waals surface area contributed by atoms with Crippen molar-refractivity contribution in [1.29, 1.82) is 0 Å². The molecule has 33 heavy (non-hydrogen) atoms. The highest BCUT2D eigenvalue weighted by Crippen LogP contribution is 2.32. The minimum atomic E-state index is -0.442. The van der Waals surface area contributed by atoms with Crippen LogP contribution in [0.4, 0.5) is 11.4 Å². The van der Waals surface area contributed by atoms with Gasteiger partial charge in [-0.15, -0.1) is 0 Å². The predicted molar refractivity (Wildman–Crippen MR) is 131 cm³/mol. The van der Waals surface area contributed by atoms with Crippen LogP contribution in [0.1, 0.15) is 25.3 Å². The normalized spacial score (nSPS) is 18.2. The van der Waals surface area contributed by atoms with Gasteiger partial charge >= 0.3 is 0 Å². The van der Waals surface area contributed by atoms with Gasteiger partial charge in [0.1, 0.15) is 11.8 Å². The molecule has 1 N–H and O–H groups in total. The molecule has 2 aliphatic rings. The van der Waals surface area contributed by atoms with E-state index in [-0.39, 0.29) is 11.8 Å². The minimum Gasteiger partial charge on any atom is -0.497 e. The number of ether oxygens (including phenoxy) is 1. The van der Waals surface area contributed by atoms with Crippen LogP contribution in [0.3, 0.4) is 0 Å². The Morgan fingerprint density at radius 1 is 1.03 bits per heavy atom. The summed E-state index contributed by atoms with van der Waals surface area (Å²) in [5.74, 6) is 0.815. The largest absolute Gasteiger partial charge is 0.497 e. The number of piperazine rings is 1. The van der Waals surface area contributed by atoms with Gasteiger partial charge in [-0.2, -0.15) is 0 Å². The molecule has 1 saturated heterocycles. The van der Waals surface area contributed by atoms with Crippen molar-refractivity contribution >= 4 is 23.2 Å². The standard InChI is InChI=1S/C26H34N4O3/c1-3-25(31)30-23-8-5-4-7-20(23)19-24(30)26(32)27-13-6-14-28-15-17-29(18-16-28)21-9-11-22(33-2)12-10-21/h4-5,7-12,24H,3,6,13-19H2,1-2H3,(H,27,32)/t24-/m0/s1. The van der Waals surface area contributed by atoms with Crippen molar-refractivity contribution in [3.05, 3.63) is 54.1 Å². The van der Waals surface area contributed by atoms with Gasteiger partial charge in [-0.25, -0.2) is 0 Å². The van der Waals surface area contributed by atoms with Gasteiger partial charge in [0.15, 0.2) is 0 Å². The quantitative estimate of drug-likeness (QED) is 0.627. The lowest BCUT2D eigenvalue weighted by atomic mass is 10.1. The highest BCUT2D eigenvalue weighted by atomic mass is 16.5. The topological polar surface area (TPSA) is 65.1 Å². The van der Waals surface area contributed by atoms with Gasteiger partial charge in [-0.05, 0) is 48.9 Å². The van der Waals surface area contributed by atoms with Gasteiger partial charge in [0, 0.05) is 56.9 Å². The Labute approximate surface area is 196 Å². The van der Waals surface area contributed by atoms with Gasteiger partial charge in [0.25, 0.3) is 0 Å². The molecule has 1 fully saturated rings. The lowest BCUT2D eigenvalue weighted by Gasteiger charge is -2.36. The number of nitrogens with one attached hydrogen (secondary N) is 1. The smallest absolute Gasteiger partial charge is 0.243 e. The highest BCUT2D eigenvalue weighted by molar-refractivity contribution is 6.03. The maximum Gasteiger partial charge on any atom is 0.243 e. The van der Waals surface area contributed by atoms with Crippen LogP contribution in [0.25, 0.3) is 0 Å². The molecule has 0 unspecified atom stereocenters. The molecular weight excluding hydrogens is 416 g/mol. The number of methoxy groups -OCH3 is 1. The summed E-state index contributed by atoms with van der Waals surface area (Å²) in [6.07, 6.45) is 1.87. The summed E-state index contributed by atoms with van der Waals surface area (Å²) >= 11 is 0. The van der Waals surface area contributed by atoms with Crippen LogP contribution >= 0.6 is 0 Å². The van der Waals surface area contributed by atoms with Crippen molar-refractivity contribution in [2.75, 3.05) is 56.2 Å². The molecule has 0 saturated carbocycles. The molecule has 2 amide bonds. The van der Waals surface area contributed by atoms with Gasteiger partial charge in [-0.1, -0.05) is 25.1 Å². The Morgan fingerprint density at radius 2 is 1.76 bits per heavy atom. The Kier molecular flexibility index (Phi) is 7.50. The number of nitrogens with zero attached hydrogens (tertiary/aromatic N) is 3. The van der Waals surface area contributed by atoms with Crippen LogP contribution < -0.4 is 19.9 Å². The lowest BCUT2D eigenvalue weighted by Crippen LogP contribution is -2.49. The summed E-state index contributed by atoms with van der Waals surface area (Å²) in [7, 11) is 1.68. The van der Waals surface area contributed by atoms with E-state index >= 15 is 0 Å². The van der Waals surface area contributed by atoms with Gasteiger partial charge in [0.05, 0.1) is 7.11 Å². The fraction of sp³-hybridized carbons (Fsp3) is 0.462. The summed E-state index contributed by atoms with van der Waals surface area (Å²) < 4.78 is 5.24. The van der Waals surface area contributed by atoms with Crippen molar-refractivity contribution in [2.45, 2.75) is 32.2 Å². The first-order chi connectivity index (χ1) is 16.1. The molecule has 4 rings (SSSR count). The molecule has 2 heterocycles. The SMILES string of the molecule is CCC(=O)N1c2ccccc2C[C@H]1C(=O)NCCCN1CCN(c2ccc(OC)cc2)CC1. The van der Waals surface area contributed by atoms with Crippen LogP contribution in [0, 0.1) is 0 Å². The van der Waals surface area contributed by atoms with Crippen molar-refractivity contribution in [1.82, 2.24) is 10.2 Å². The second-order valence-corrected chi connectivity index (χ2v) is 8.64. The van der Waals surface area contributed by atoms with E-state index in [4.69, 9.17) is 4.74 Å². The first kappa shape index (κ1) is 23.1. The average molecular weight is 451 g/mol. The molecule has 0 bridgehead atoms. The van der Waals surface area contributed by atoms with Crippen molar-refractivity contribution in [2.24, 2.45) is 0 Å². The molecule has 0 spiro atoms. The summed E-state index contributed by atoms with van der Waals surface area (Å²) in [6.45, 7) is 7.43. The second-order valence-electron chi connectivity index (χ2n) is 8.64. The number of anilines is 2. The van der Waals surface area contributed by atoms with E-state index in [9.17, 15) is 9.59 Å². The molecule has 2 aliphatic heterocycles. The third-order valence-electron chi connectivity index (χ3n) is 6.61. The number of carbonyl (C=O) groups excluding carboxylic acids is 2. The molecule has 176 valence electrons. The minimum absolute atomic E-state index is 0.00479. The Bertz CT molecular complexity index is 954. The number of hydrogen-bond acceptors (Lipinski definition) is 5. The molecule has 7 nitrogen and oxygen atoms in total. The Morgan fingerprint density at radius 3 is 2.45 bits per heavy atom. The average Bonchev–Trinajstić information content (AvgIpc) is 3.26. The van der Waals surface area contributed by atoms with Crippen LogP contribution in [-0.2, 0) is 16.0 Å². The zero-order chi connectivity index (χ0) is 23.2. The zero-order valence-corrected chi connectivity index (χ0v) is 19.6. The molecule has 0 aliphatic carbocycles. The predicted octanol–water partition coefficient (Wildman–Crippen LogP) is 2.69. The monoisotopic (exact) mass is 450 g/mol. The van der Waals surface area contributed by atoms with E-state index in [1.165, 1.54) is 5.69 Å². The summed E-state index contributed by atoms with van der Waals surface area (Å²) in [5, 5.41) is 3.07. The second kappa shape index (κ2) is 10.7. The first-order valence-electron chi connectivity index (χ1n) is 11.9. The number of para-hydroxylation sites is 1. The summed E-state index contributed by atoms with van der Waals surface area (Å²) in [5.41, 5.74) is 3.17. The van der Waals surface area contributed by atoms with Crippen molar-refractivity contribution < 1.29 is 14.3 Å². The van der Waals surface area contributed by atoms with E-state index in [2.05, 4.69) is 27.2 Å². The highest BCUT2D eigenvalue weighted by Gasteiger charge is 2.37. The van der Waals surface area contributed by atoms with Gasteiger partial charge < -0.3 is 15.0 Å².